The van der Waals surface area contributed by atoms with Crippen molar-refractivity contribution < 1.29 is 4.74 Å². The summed E-state index contributed by atoms with van der Waals surface area (Å²) in [4.78, 5) is 1.40. The van der Waals surface area contributed by atoms with Gasteiger partial charge in [-0.05, 0) is 36.8 Å². The lowest BCUT2D eigenvalue weighted by atomic mass is 9.67. The van der Waals surface area contributed by atoms with E-state index in [2.05, 4.69) is 45.0 Å². The molecule has 0 unspecified atom stereocenters. The van der Waals surface area contributed by atoms with Crippen molar-refractivity contribution in [3.8, 4) is 0 Å². The molecule has 3 atom stereocenters. The van der Waals surface area contributed by atoms with Gasteiger partial charge >= 0.3 is 0 Å². The lowest BCUT2D eigenvalue weighted by Gasteiger charge is -2.33. The molecule has 1 aliphatic carbocycles. The van der Waals surface area contributed by atoms with Crippen LogP contribution in [0.3, 0.4) is 0 Å². The Morgan fingerprint density at radius 3 is 2.70 bits per heavy atom. The largest absolute Gasteiger partial charge is 0.374 e. The molecule has 1 nitrogen and oxygen atoms in total. The second kappa shape index (κ2) is 7.42. The molecule has 0 N–H and O–H groups in total. The Bertz CT molecular complexity index is 416. The Kier molecular flexibility index (Phi) is 5.86. The highest BCUT2D eigenvalue weighted by Gasteiger charge is 2.38. The van der Waals surface area contributed by atoms with Crippen molar-refractivity contribution in [3.05, 3.63) is 35.7 Å². The average Bonchev–Trinajstić information content (AvgIpc) is 2.45. The monoisotopic (exact) mass is 291 g/mol. The Labute approximate surface area is 128 Å². The summed E-state index contributed by atoms with van der Waals surface area (Å²) in [6, 6.07) is 8.91. The van der Waals surface area contributed by atoms with Gasteiger partial charge in [-0.1, -0.05) is 36.9 Å². The quantitative estimate of drug-likeness (QED) is 0.401. The lowest BCUT2D eigenvalue weighted by molar-refractivity contribution is 0.254. The summed E-state index contributed by atoms with van der Waals surface area (Å²) < 4.78 is 5.24. The van der Waals surface area contributed by atoms with Gasteiger partial charge in [-0.2, -0.15) is 0 Å². The zero-order valence-corrected chi connectivity index (χ0v) is 14.0. The van der Waals surface area contributed by atoms with Crippen molar-refractivity contribution in [2.75, 3.05) is 13.0 Å². The highest BCUT2D eigenvalue weighted by Crippen LogP contribution is 2.46. The number of benzene rings is 1. The number of ether oxygens (including phenoxy) is 1. The highest BCUT2D eigenvalue weighted by molar-refractivity contribution is 7.99. The Morgan fingerprint density at radius 1 is 1.25 bits per heavy atom. The van der Waals surface area contributed by atoms with E-state index < -0.39 is 0 Å². The Morgan fingerprint density at radius 2 is 2.00 bits per heavy atom. The van der Waals surface area contributed by atoms with E-state index >= 15 is 0 Å². The molecule has 0 aromatic heterocycles. The number of hydrogen-bond acceptors (Lipinski definition) is 2. The van der Waals surface area contributed by atoms with Crippen LogP contribution in [0.4, 0.5) is 0 Å². The van der Waals surface area contributed by atoms with Gasteiger partial charge in [0.2, 0.25) is 0 Å². The van der Waals surface area contributed by atoms with E-state index in [1.165, 1.54) is 29.7 Å². The van der Waals surface area contributed by atoms with Gasteiger partial charge < -0.3 is 4.74 Å². The molecular formula is C18H27OS+. The van der Waals surface area contributed by atoms with Crippen molar-refractivity contribution in [1.82, 2.24) is 0 Å². The van der Waals surface area contributed by atoms with Gasteiger partial charge in [0.15, 0.2) is 0 Å². The summed E-state index contributed by atoms with van der Waals surface area (Å²) in [5.74, 6) is 4.60. The van der Waals surface area contributed by atoms with Crippen LogP contribution < -0.4 is 0 Å². The summed E-state index contributed by atoms with van der Waals surface area (Å²) in [5, 5.41) is 0. The van der Waals surface area contributed by atoms with Crippen LogP contribution in [-0.2, 0) is 4.74 Å². The summed E-state index contributed by atoms with van der Waals surface area (Å²) >= 11 is 1.82. The van der Waals surface area contributed by atoms with Crippen LogP contribution in [-0.4, -0.2) is 13.0 Å². The van der Waals surface area contributed by atoms with E-state index in [4.69, 9.17) is 4.74 Å². The third-order valence-corrected chi connectivity index (χ3v) is 5.54. The predicted molar refractivity (Wildman–Crippen MR) is 88.0 cm³/mol. The molecule has 2 heteroatoms. The smallest absolute Gasteiger partial charge is 0.106 e. The van der Waals surface area contributed by atoms with Gasteiger partial charge in [0.1, 0.15) is 5.92 Å². The standard InChI is InChI=1S/C18H27OS/c1-13(2)15-10-9-14(3)11-17(15)16-7-5-6-8-18(16)20-12-19-4/h5-8,14-15,17H,9-12H2,1-4H3/q+1/t14-,15+,17-/m1/s1. The molecule has 0 heterocycles. The van der Waals surface area contributed by atoms with E-state index in [0.717, 1.165) is 17.8 Å². The molecule has 0 bridgehead atoms. The SMILES string of the molecule is COCSc1ccccc1[C@@H]1C[C@H](C)CC[C@H]1[C+](C)C. The van der Waals surface area contributed by atoms with Gasteiger partial charge in [0, 0.05) is 17.9 Å². The third-order valence-electron chi connectivity index (χ3n) is 4.50. The van der Waals surface area contributed by atoms with Gasteiger partial charge in [0.25, 0.3) is 0 Å². The normalized spacial score (nSPS) is 26.5. The highest BCUT2D eigenvalue weighted by atomic mass is 32.2. The molecule has 1 fully saturated rings. The number of rotatable bonds is 5. The van der Waals surface area contributed by atoms with Gasteiger partial charge in [0.05, 0.1) is 25.7 Å². The molecule has 0 amide bonds. The van der Waals surface area contributed by atoms with Gasteiger partial charge in [-0.3, -0.25) is 0 Å². The fourth-order valence-electron chi connectivity index (χ4n) is 3.46. The molecule has 110 valence electrons. The molecule has 0 radical (unpaired) electrons. The minimum absolute atomic E-state index is 0.685. The zero-order valence-electron chi connectivity index (χ0n) is 13.2. The van der Waals surface area contributed by atoms with Crippen LogP contribution >= 0.6 is 11.8 Å². The molecule has 0 aliphatic heterocycles. The van der Waals surface area contributed by atoms with Crippen molar-refractivity contribution in [3.63, 3.8) is 0 Å². The van der Waals surface area contributed by atoms with E-state index in [1.54, 1.807) is 13.0 Å². The van der Waals surface area contributed by atoms with Crippen LogP contribution in [0, 0.1) is 17.8 Å². The van der Waals surface area contributed by atoms with Crippen molar-refractivity contribution >= 4 is 11.8 Å². The summed E-state index contributed by atoms with van der Waals surface area (Å²) in [6.45, 7) is 7.01. The molecule has 1 aromatic carbocycles. The first-order valence-electron chi connectivity index (χ1n) is 7.64. The lowest BCUT2D eigenvalue weighted by Crippen LogP contribution is -2.25. The molecular weight excluding hydrogens is 264 g/mol. The fourth-order valence-corrected chi connectivity index (χ4v) is 4.26. The second-order valence-corrected chi connectivity index (χ2v) is 7.26. The van der Waals surface area contributed by atoms with Gasteiger partial charge in [-0.25, -0.2) is 0 Å². The summed E-state index contributed by atoms with van der Waals surface area (Å²) in [6.07, 6.45) is 4.04. The van der Waals surface area contributed by atoms with Gasteiger partial charge in [-0.15, -0.1) is 0 Å². The topological polar surface area (TPSA) is 9.23 Å². The summed E-state index contributed by atoms with van der Waals surface area (Å²) in [5.41, 5.74) is 1.53. The number of methoxy groups -OCH3 is 1. The van der Waals surface area contributed by atoms with E-state index in [0.29, 0.717) is 5.92 Å². The van der Waals surface area contributed by atoms with Crippen LogP contribution in [0.5, 0.6) is 0 Å². The maximum atomic E-state index is 5.24. The number of hydrogen-bond donors (Lipinski definition) is 0. The Balaban J connectivity index is 2.26. The molecule has 20 heavy (non-hydrogen) atoms. The Hall–Kier alpha value is -0.600. The second-order valence-electron chi connectivity index (χ2n) is 6.30. The molecule has 0 spiro atoms. The van der Waals surface area contributed by atoms with Crippen LogP contribution in [0.1, 0.15) is 51.5 Å². The fraction of sp³-hybridized carbons (Fsp3) is 0.611. The molecule has 0 saturated heterocycles. The van der Waals surface area contributed by atoms with Crippen molar-refractivity contribution in [2.24, 2.45) is 11.8 Å². The predicted octanol–water partition coefficient (Wildman–Crippen LogP) is 5.52. The first-order chi connectivity index (χ1) is 9.63. The van der Waals surface area contributed by atoms with E-state index in [1.807, 2.05) is 11.8 Å². The van der Waals surface area contributed by atoms with Crippen molar-refractivity contribution in [2.45, 2.75) is 50.8 Å². The summed E-state index contributed by atoms with van der Waals surface area (Å²) in [7, 11) is 1.77. The molecule has 1 aromatic rings. The van der Waals surface area contributed by atoms with Crippen LogP contribution in [0.25, 0.3) is 0 Å². The zero-order chi connectivity index (χ0) is 14.5. The number of thioether (sulfide) groups is 1. The molecule has 1 aliphatic rings. The maximum Gasteiger partial charge on any atom is 0.106 e. The maximum absolute atomic E-state index is 5.24. The van der Waals surface area contributed by atoms with E-state index in [-0.39, 0.29) is 0 Å². The van der Waals surface area contributed by atoms with Crippen LogP contribution in [0.2, 0.25) is 0 Å². The first kappa shape index (κ1) is 15.8. The first-order valence-corrected chi connectivity index (χ1v) is 8.62. The van der Waals surface area contributed by atoms with Crippen LogP contribution in [0.15, 0.2) is 29.2 Å². The molecule has 1 saturated carbocycles. The van der Waals surface area contributed by atoms with E-state index in [9.17, 15) is 0 Å². The third kappa shape index (κ3) is 3.73. The average molecular weight is 291 g/mol. The van der Waals surface area contributed by atoms with Crippen molar-refractivity contribution in [1.29, 1.82) is 0 Å². The minimum atomic E-state index is 0.685. The minimum Gasteiger partial charge on any atom is -0.374 e. The molecule has 2 rings (SSSR count).